The number of nitrogens with one attached hydrogen (secondary N) is 2. The first-order chi connectivity index (χ1) is 13.6. The number of piperazine rings is 1. The predicted molar refractivity (Wildman–Crippen MR) is 115 cm³/mol. The van der Waals surface area contributed by atoms with E-state index in [-0.39, 0.29) is 0 Å². The number of ether oxygens (including phenoxy) is 1. The van der Waals surface area contributed by atoms with Crippen LogP contribution in [0.25, 0.3) is 0 Å². The highest BCUT2D eigenvalue weighted by atomic mass is 35.5. The van der Waals surface area contributed by atoms with Crippen LogP contribution in [0.2, 0.25) is 5.02 Å². The smallest absolute Gasteiger partial charge is 0.191 e. The standard InChI is InChI=1S/C21H32ClN5O/c1-3-23-21(25-18-13-15-7-8-20(18)28-15)24-14-16-17(22)5-4-6-19(16)27-11-9-26(2)10-12-27/h4-6,15,18,20H,3,7-14H2,1-2H3,(H2,23,24,25). The van der Waals surface area contributed by atoms with Crippen LogP contribution < -0.4 is 15.5 Å². The predicted octanol–water partition coefficient (Wildman–Crippen LogP) is 2.47. The first-order valence-electron chi connectivity index (χ1n) is 10.5. The molecule has 0 spiro atoms. The summed E-state index contributed by atoms with van der Waals surface area (Å²) in [4.78, 5) is 9.68. The molecule has 0 radical (unpaired) electrons. The van der Waals surface area contributed by atoms with E-state index >= 15 is 0 Å². The van der Waals surface area contributed by atoms with Crippen LogP contribution in [0.1, 0.15) is 31.7 Å². The minimum Gasteiger partial charge on any atom is -0.373 e. The zero-order valence-electron chi connectivity index (χ0n) is 17.0. The maximum Gasteiger partial charge on any atom is 0.191 e. The Kier molecular flexibility index (Phi) is 6.28. The molecule has 0 aromatic heterocycles. The summed E-state index contributed by atoms with van der Waals surface area (Å²) in [5.74, 6) is 0.855. The molecule has 3 unspecified atom stereocenters. The molecule has 3 aliphatic rings. The van der Waals surface area contributed by atoms with E-state index in [1.54, 1.807) is 0 Å². The van der Waals surface area contributed by atoms with Crippen molar-refractivity contribution in [2.45, 2.75) is 51.0 Å². The molecule has 4 rings (SSSR count). The zero-order valence-corrected chi connectivity index (χ0v) is 17.7. The number of likely N-dealkylation sites (N-methyl/N-ethyl adjacent to an activating group) is 1. The lowest BCUT2D eigenvalue weighted by Crippen LogP contribution is -2.47. The van der Waals surface area contributed by atoms with Gasteiger partial charge < -0.3 is 25.2 Å². The molecule has 3 aliphatic heterocycles. The monoisotopic (exact) mass is 405 g/mol. The number of anilines is 1. The fourth-order valence-corrected chi connectivity index (χ4v) is 4.72. The van der Waals surface area contributed by atoms with Gasteiger partial charge in [-0.05, 0) is 45.4 Å². The van der Waals surface area contributed by atoms with Crippen molar-refractivity contribution in [1.82, 2.24) is 15.5 Å². The van der Waals surface area contributed by atoms with E-state index in [0.717, 1.165) is 62.1 Å². The van der Waals surface area contributed by atoms with Crippen LogP contribution >= 0.6 is 11.6 Å². The number of guanidine groups is 1. The van der Waals surface area contributed by atoms with Gasteiger partial charge in [-0.1, -0.05) is 17.7 Å². The molecular weight excluding hydrogens is 374 g/mol. The molecule has 3 fully saturated rings. The van der Waals surface area contributed by atoms with E-state index in [2.05, 4.69) is 40.5 Å². The Bertz CT molecular complexity index is 704. The average Bonchev–Trinajstić information content (AvgIpc) is 3.31. The maximum atomic E-state index is 6.59. The van der Waals surface area contributed by atoms with Crippen LogP contribution in [-0.2, 0) is 11.3 Å². The van der Waals surface area contributed by atoms with Crippen LogP contribution in [0.5, 0.6) is 0 Å². The van der Waals surface area contributed by atoms with Crippen molar-refractivity contribution in [3.8, 4) is 0 Å². The highest BCUT2D eigenvalue weighted by Gasteiger charge is 2.41. The lowest BCUT2D eigenvalue weighted by Gasteiger charge is -2.35. The Hall–Kier alpha value is -1.50. The number of hydrogen-bond donors (Lipinski definition) is 2. The molecule has 28 heavy (non-hydrogen) atoms. The quantitative estimate of drug-likeness (QED) is 0.582. The second kappa shape index (κ2) is 8.89. The van der Waals surface area contributed by atoms with Crippen molar-refractivity contribution < 1.29 is 4.74 Å². The van der Waals surface area contributed by atoms with Gasteiger partial charge in [0, 0.05) is 49.0 Å². The summed E-state index contributed by atoms with van der Waals surface area (Å²) in [6.45, 7) is 7.69. The third kappa shape index (κ3) is 4.39. The maximum absolute atomic E-state index is 6.59. The van der Waals surface area contributed by atoms with Gasteiger partial charge in [0.15, 0.2) is 5.96 Å². The Morgan fingerprint density at radius 3 is 2.75 bits per heavy atom. The fraction of sp³-hybridized carbons (Fsp3) is 0.667. The molecular formula is C21H32ClN5O. The minimum absolute atomic E-state index is 0.329. The largest absolute Gasteiger partial charge is 0.373 e. The van der Waals surface area contributed by atoms with Gasteiger partial charge in [0.05, 0.1) is 24.8 Å². The topological polar surface area (TPSA) is 52.1 Å². The fourth-order valence-electron chi connectivity index (χ4n) is 4.49. The Balaban J connectivity index is 1.48. The van der Waals surface area contributed by atoms with E-state index < -0.39 is 0 Å². The third-order valence-electron chi connectivity index (χ3n) is 6.11. The van der Waals surface area contributed by atoms with Gasteiger partial charge >= 0.3 is 0 Å². The van der Waals surface area contributed by atoms with Gasteiger partial charge in [-0.15, -0.1) is 0 Å². The molecule has 7 heteroatoms. The van der Waals surface area contributed by atoms with E-state index in [9.17, 15) is 0 Å². The van der Waals surface area contributed by atoms with Gasteiger partial charge in [-0.3, -0.25) is 0 Å². The molecule has 0 aliphatic carbocycles. The molecule has 2 N–H and O–H groups in total. The number of nitrogens with zero attached hydrogens (tertiary/aromatic N) is 3. The molecule has 3 atom stereocenters. The molecule has 3 heterocycles. The number of fused-ring (bicyclic) bond motifs is 2. The highest BCUT2D eigenvalue weighted by molar-refractivity contribution is 6.31. The van der Waals surface area contributed by atoms with Gasteiger partial charge in [0.25, 0.3) is 0 Å². The number of aliphatic imine (C=N–C) groups is 1. The lowest BCUT2D eigenvalue weighted by molar-refractivity contribution is 0.0992. The van der Waals surface area contributed by atoms with Crippen molar-refractivity contribution >= 4 is 23.2 Å². The van der Waals surface area contributed by atoms with Crippen molar-refractivity contribution in [2.24, 2.45) is 4.99 Å². The minimum atomic E-state index is 0.329. The molecule has 0 saturated carbocycles. The van der Waals surface area contributed by atoms with Crippen molar-refractivity contribution in [2.75, 3.05) is 44.7 Å². The zero-order chi connectivity index (χ0) is 19.5. The van der Waals surface area contributed by atoms with Crippen LogP contribution in [0.15, 0.2) is 23.2 Å². The van der Waals surface area contributed by atoms with E-state index in [1.165, 1.54) is 12.1 Å². The average molecular weight is 406 g/mol. The van der Waals surface area contributed by atoms with Crippen molar-refractivity contribution in [3.05, 3.63) is 28.8 Å². The van der Waals surface area contributed by atoms with E-state index in [4.69, 9.17) is 21.3 Å². The second-order valence-electron chi connectivity index (χ2n) is 8.08. The van der Waals surface area contributed by atoms with Crippen LogP contribution in [-0.4, -0.2) is 68.9 Å². The Morgan fingerprint density at radius 2 is 2.07 bits per heavy atom. The summed E-state index contributed by atoms with van der Waals surface area (Å²) >= 11 is 6.59. The summed E-state index contributed by atoms with van der Waals surface area (Å²) in [7, 11) is 2.17. The van der Waals surface area contributed by atoms with Gasteiger partial charge in [-0.25, -0.2) is 4.99 Å². The first kappa shape index (κ1) is 19.8. The van der Waals surface area contributed by atoms with Crippen LogP contribution in [0, 0.1) is 0 Å². The molecule has 1 aromatic carbocycles. The molecule has 1 aromatic rings. The number of hydrogen-bond acceptors (Lipinski definition) is 4. The highest BCUT2D eigenvalue weighted by Crippen LogP contribution is 2.34. The molecule has 154 valence electrons. The molecule has 2 bridgehead atoms. The van der Waals surface area contributed by atoms with E-state index in [0.29, 0.717) is 24.8 Å². The molecule has 6 nitrogen and oxygen atoms in total. The molecule has 0 amide bonds. The van der Waals surface area contributed by atoms with Crippen molar-refractivity contribution in [3.63, 3.8) is 0 Å². The van der Waals surface area contributed by atoms with Crippen LogP contribution in [0.3, 0.4) is 0 Å². The number of halogens is 1. The van der Waals surface area contributed by atoms with Gasteiger partial charge in [0.1, 0.15) is 0 Å². The lowest BCUT2D eigenvalue weighted by atomic mass is 9.96. The van der Waals surface area contributed by atoms with E-state index in [1.807, 2.05) is 12.1 Å². The summed E-state index contributed by atoms with van der Waals surface area (Å²) in [5.41, 5.74) is 2.32. The number of rotatable bonds is 5. The second-order valence-corrected chi connectivity index (χ2v) is 8.49. The Morgan fingerprint density at radius 1 is 1.25 bits per heavy atom. The summed E-state index contributed by atoms with van der Waals surface area (Å²) in [5, 5.41) is 7.77. The SMILES string of the molecule is CCNC(=NCc1c(Cl)cccc1N1CCN(C)CC1)NC1CC2CCC1O2. The van der Waals surface area contributed by atoms with Gasteiger partial charge in [0.2, 0.25) is 0 Å². The normalized spacial score (nSPS) is 28.0. The number of benzene rings is 1. The summed E-state index contributed by atoms with van der Waals surface area (Å²) < 4.78 is 5.98. The van der Waals surface area contributed by atoms with Crippen LogP contribution in [0.4, 0.5) is 5.69 Å². The Labute approximate surface area is 173 Å². The summed E-state index contributed by atoms with van der Waals surface area (Å²) in [6, 6.07) is 6.54. The van der Waals surface area contributed by atoms with Crippen molar-refractivity contribution in [1.29, 1.82) is 0 Å². The third-order valence-corrected chi connectivity index (χ3v) is 6.46. The first-order valence-corrected chi connectivity index (χ1v) is 10.9. The summed E-state index contributed by atoms with van der Waals surface area (Å²) in [6.07, 6.45) is 4.19. The van der Waals surface area contributed by atoms with Gasteiger partial charge in [-0.2, -0.15) is 0 Å². The molecule has 3 saturated heterocycles.